The van der Waals surface area contributed by atoms with E-state index in [-0.39, 0.29) is 18.3 Å². The first kappa shape index (κ1) is 21.7. The number of rotatable bonds is 7. The Hall–Kier alpha value is -3.54. The van der Waals surface area contributed by atoms with Crippen LogP contribution in [0.25, 0.3) is 0 Å². The summed E-state index contributed by atoms with van der Waals surface area (Å²) in [5, 5.41) is 0. The van der Waals surface area contributed by atoms with Crippen LogP contribution in [0.1, 0.15) is 55.6 Å². The summed E-state index contributed by atoms with van der Waals surface area (Å²) < 4.78 is 16.4. The Morgan fingerprint density at radius 2 is 1.84 bits per heavy atom. The lowest BCUT2D eigenvalue weighted by molar-refractivity contribution is 0.0502. The second-order valence-electron chi connectivity index (χ2n) is 7.99. The molecule has 1 aliphatic rings. The van der Waals surface area contributed by atoms with Gasteiger partial charge in [0.1, 0.15) is 17.2 Å². The molecule has 32 heavy (non-hydrogen) atoms. The summed E-state index contributed by atoms with van der Waals surface area (Å²) in [6.45, 7) is 2.08. The van der Waals surface area contributed by atoms with E-state index in [9.17, 15) is 9.59 Å². The molecule has 6 nitrogen and oxygen atoms in total. The molecule has 0 fully saturated rings. The number of hydrogen-bond donors (Lipinski definition) is 1. The Labute approximate surface area is 187 Å². The van der Waals surface area contributed by atoms with Gasteiger partial charge in [-0.25, -0.2) is 4.79 Å². The zero-order valence-corrected chi connectivity index (χ0v) is 18.6. The van der Waals surface area contributed by atoms with Crippen molar-refractivity contribution in [2.75, 3.05) is 20.8 Å². The normalized spacial score (nSPS) is 15.2. The number of ketones is 1. The molecule has 3 aromatic rings. The summed E-state index contributed by atoms with van der Waals surface area (Å²) in [7, 11) is 3.23. The third kappa shape index (κ3) is 4.26. The molecule has 0 spiro atoms. The maximum absolute atomic E-state index is 13.0. The first-order valence-corrected chi connectivity index (χ1v) is 10.7. The van der Waals surface area contributed by atoms with Gasteiger partial charge in [-0.15, -0.1) is 0 Å². The maximum atomic E-state index is 13.0. The molecule has 1 heterocycles. The SMILES string of the molecule is COc1ccc(OC)c(C2CC(=O)c3c([nH]c(C(=O)OCCc4ccccc4)c3C)C2)c1. The van der Waals surface area contributed by atoms with E-state index in [1.165, 1.54) is 0 Å². The van der Waals surface area contributed by atoms with Gasteiger partial charge in [-0.3, -0.25) is 4.79 Å². The Kier molecular flexibility index (Phi) is 6.30. The Balaban J connectivity index is 1.53. The number of hydrogen-bond acceptors (Lipinski definition) is 5. The van der Waals surface area contributed by atoms with Gasteiger partial charge in [0.15, 0.2) is 5.78 Å². The lowest BCUT2D eigenvalue weighted by Crippen LogP contribution is -2.19. The van der Waals surface area contributed by atoms with Crippen LogP contribution in [0.4, 0.5) is 0 Å². The van der Waals surface area contributed by atoms with Crippen molar-refractivity contribution in [1.29, 1.82) is 0 Å². The van der Waals surface area contributed by atoms with Gasteiger partial charge in [0.25, 0.3) is 0 Å². The molecule has 0 saturated heterocycles. The van der Waals surface area contributed by atoms with Crippen LogP contribution >= 0.6 is 0 Å². The zero-order valence-electron chi connectivity index (χ0n) is 18.6. The van der Waals surface area contributed by atoms with Crippen LogP contribution in [0, 0.1) is 6.92 Å². The fourth-order valence-corrected chi connectivity index (χ4v) is 4.39. The number of nitrogens with one attached hydrogen (secondary N) is 1. The minimum atomic E-state index is -0.434. The van der Waals surface area contributed by atoms with Gasteiger partial charge >= 0.3 is 5.97 Å². The molecule has 2 aromatic carbocycles. The number of ether oxygens (including phenoxy) is 3. The van der Waals surface area contributed by atoms with E-state index in [2.05, 4.69) is 4.98 Å². The highest BCUT2D eigenvalue weighted by Crippen LogP contribution is 2.40. The molecule has 0 radical (unpaired) electrons. The average Bonchev–Trinajstić information content (AvgIpc) is 3.16. The number of fused-ring (bicyclic) bond motifs is 1. The lowest BCUT2D eigenvalue weighted by atomic mass is 9.81. The zero-order chi connectivity index (χ0) is 22.7. The van der Waals surface area contributed by atoms with E-state index in [0.717, 1.165) is 22.6 Å². The Morgan fingerprint density at radius 3 is 2.56 bits per heavy atom. The fraction of sp³-hybridized carbons (Fsp3) is 0.308. The van der Waals surface area contributed by atoms with Crippen molar-refractivity contribution in [3.05, 3.63) is 82.2 Å². The van der Waals surface area contributed by atoms with E-state index < -0.39 is 5.97 Å². The number of Topliss-reactive ketones (excluding diaryl/α,β-unsaturated/α-hetero) is 1. The molecule has 166 valence electrons. The number of carbonyl (C=O) groups excluding carboxylic acids is 2. The van der Waals surface area contributed by atoms with Gasteiger partial charge in [0, 0.05) is 35.6 Å². The molecule has 0 aliphatic heterocycles. The molecule has 1 unspecified atom stereocenters. The largest absolute Gasteiger partial charge is 0.497 e. The molecule has 1 N–H and O–H groups in total. The lowest BCUT2D eigenvalue weighted by Gasteiger charge is -2.24. The molecule has 1 aromatic heterocycles. The molecular weight excluding hydrogens is 406 g/mol. The minimum absolute atomic E-state index is 0.0122. The highest BCUT2D eigenvalue weighted by atomic mass is 16.5. The molecule has 0 bridgehead atoms. The van der Waals surface area contributed by atoms with E-state index in [4.69, 9.17) is 14.2 Å². The van der Waals surface area contributed by atoms with Crippen LogP contribution in [0.15, 0.2) is 48.5 Å². The average molecular weight is 434 g/mol. The Bertz CT molecular complexity index is 1130. The summed E-state index contributed by atoms with van der Waals surface area (Å²) in [6.07, 6.45) is 1.59. The van der Waals surface area contributed by atoms with E-state index in [0.29, 0.717) is 41.8 Å². The van der Waals surface area contributed by atoms with Crippen LogP contribution < -0.4 is 9.47 Å². The van der Waals surface area contributed by atoms with Crippen LogP contribution in [-0.4, -0.2) is 37.6 Å². The number of methoxy groups -OCH3 is 2. The van der Waals surface area contributed by atoms with Crippen molar-refractivity contribution in [2.24, 2.45) is 0 Å². The van der Waals surface area contributed by atoms with E-state index in [1.807, 2.05) is 48.5 Å². The summed E-state index contributed by atoms with van der Waals surface area (Å²) in [6, 6.07) is 15.5. The number of aromatic nitrogens is 1. The van der Waals surface area contributed by atoms with Gasteiger partial charge in [-0.05, 0) is 42.7 Å². The number of H-pyrrole nitrogens is 1. The third-order valence-corrected chi connectivity index (χ3v) is 6.04. The molecule has 1 aliphatic carbocycles. The van der Waals surface area contributed by atoms with E-state index in [1.54, 1.807) is 21.1 Å². The predicted octanol–water partition coefficient (Wildman–Crippen LogP) is 4.65. The monoisotopic (exact) mass is 433 g/mol. The van der Waals surface area contributed by atoms with Crippen LogP contribution in [0.5, 0.6) is 11.5 Å². The van der Waals surface area contributed by atoms with Crippen molar-refractivity contribution in [3.8, 4) is 11.5 Å². The van der Waals surface area contributed by atoms with Gasteiger partial charge in [0.05, 0.1) is 20.8 Å². The highest BCUT2D eigenvalue weighted by Gasteiger charge is 2.33. The van der Waals surface area contributed by atoms with Crippen LogP contribution in [0.3, 0.4) is 0 Å². The van der Waals surface area contributed by atoms with Crippen molar-refractivity contribution in [1.82, 2.24) is 4.98 Å². The molecule has 1 atom stereocenters. The summed E-state index contributed by atoms with van der Waals surface area (Å²) in [5.41, 5.74) is 4.42. The smallest absolute Gasteiger partial charge is 0.355 e. The molecule has 0 saturated carbocycles. The van der Waals surface area contributed by atoms with Gasteiger partial charge in [0.2, 0.25) is 0 Å². The maximum Gasteiger partial charge on any atom is 0.355 e. The number of aromatic amines is 1. The Morgan fingerprint density at radius 1 is 1.06 bits per heavy atom. The van der Waals surface area contributed by atoms with Crippen molar-refractivity contribution >= 4 is 11.8 Å². The van der Waals surface area contributed by atoms with Crippen LogP contribution in [-0.2, 0) is 17.6 Å². The quantitative estimate of drug-likeness (QED) is 0.549. The second kappa shape index (κ2) is 9.30. The van der Waals surface area contributed by atoms with Crippen LogP contribution in [0.2, 0.25) is 0 Å². The van der Waals surface area contributed by atoms with Gasteiger partial charge < -0.3 is 19.2 Å². The van der Waals surface area contributed by atoms with Crippen molar-refractivity contribution < 1.29 is 23.8 Å². The molecule has 4 rings (SSSR count). The standard InChI is InChI=1S/C26H27NO5/c1-16-24-21(27-25(16)26(29)32-12-11-17-7-5-4-6-8-17)13-18(14-22(24)28)20-15-19(30-2)9-10-23(20)31-3/h4-10,15,18,27H,11-14H2,1-3H3. The number of benzene rings is 2. The number of carbonyl (C=O) groups is 2. The molecule has 0 amide bonds. The van der Waals surface area contributed by atoms with Crippen molar-refractivity contribution in [2.45, 2.75) is 32.1 Å². The summed E-state index contributed by atoms with van der Waals surface area (Å²) in [5.74, 6) is 0.940. The second-order valence-corrected chi connectivity index (χ2v) is 7.99. The summed E-state index contributed by atoms with van der Waals surface area (Å²) >= 11 is 0. The fourth-order valence-electron chi connectivity index (χ4n) is 4.39. The number of esters is 1. The molecule has 6 heteroatoms. The first-order valence-electron chi connectivity index (χ1n) is 10.7. The third-order valence-electron chi connectivity index (χ3n) is 6.04. The first-order chi connectivity index (χ1) is 15.5. The van der Waals surface area contributed by atoms with E-state index >= 15 is 0 Å². The van der Waals surface area contributed by atoms with Gasteiger partial charge in [-0.2, -0.15) is 0 Å². The summed E-state index contributed by atoms with van der Waals surface area (Å²) in [4.78, 5) is 28.9. The predicted molar refractivity (Wildman–Crippen MR) is 121 cm³/mol. The van der Waals surface area contributed by atoms with Gasteiger partial charge in [-0.1, -0.05) is 30.3 Å². The topological polar surface area (TPSA) is 77.6 Å². The highest BCUT2D eigenvalue weighted by molar-refractivity contribution is 6.03. The molecular formula is C26H27NO5. The minimum Gasteiger partial charge on any atom is -0.497 e. The van der Waals surface area contributed by atoms with Crippen molar-refractivity contribution in [3.63, 3.8) is 0 Å².